The predicted molar refractivity (Wildman–Crippen MR) is 58.8 cm³/mol. The Kier molecular flexibility index (Phi) is 2.37. The molecule has 1 aliphatic carbocycles. The van der Waals surface area contributed by atoms with Crippen molar-refractivity contribution in [2.45, 2.75) is 37.5 Å². The molecule has 1 aliphatic heterocycles. The van der Waals surface area contributed by atoms with Crippen molar-refractivity contribution in [3.05, 3.63) is 12.4 Å². The number of nitrogens with zero attached hydrogens (tertiary/aromatic N) is 2. The maximum absolute atomic E-state index is 5.69. The smallest absolute Gasteiger partial charge is 0.168 e. The summed E-state index contributed by atoms with van der Waals surface area (Å²) in [4.78, 5) is 0. The van der Waals surface area contributed by atoms with Gasteiger partial charge < -0.3 is 15.2 Å². The maximum Gasteiger partial charge on any atom is 0.168 e. The lowest BCUT2D eigenvalue weighted by molar-refractivity contribution is -0.181. The van der Waals surface area contributed by atoms with Gasteiger partial charge in [-0.3, -0.25) is 4.68 Å². The summed E-state index contributed by atoms with van der Waals surface area (Å²) in [6.07, 6.45) is 7.60. The van der Waals surface area contributed by atoms with E-state index < -0.39 is 0 Å². The lowest BCUT2D eigenvalue weighted by Crippen LogP contribution is -2.35. The fraction of sp³-hybridized carbons (Fsp3) is 0.727. The average Bonchev–Trinajstić information content (AvgIpc) is 2.90. The van der Waals surface area contributed by atoms with Crippen LogP contribution < -0.4 is 5.73 Å². The van der Waals surface area contributed by atoms with Crippen LogP contribution in [0.25, 0.3) is 0 Å². The zero-order chi connectivity index (χ0) is 11.0. The van der Waals surface area contributed by atoms with Crippen molar-refractivity contribution in [3.63, 3.8) is 0 Å². The first-order chi connectivity index (χ1) is 7.77. The number of nitrogen functional groups attached to an aromatic ring is 1. The summed E-state index contributed by atoms with van der Waals surface area (Å²) in [6, 6.07) is 0.440. The van der Waals surface area contributed by atoms with E-state index >= 15 is 0 Å². The molecule has 16 heavy (non-hydrogen) atoms. The Balaban J connectivity index is 1.66. The van der Waals surface area contributed by atoms with Crippen LogP contribution in [0.2, 0.25) is 0 Å². The Bertz CT molecular complexity index is 361. The zero-order valence-corrected chi connectivity index (χ0v) is 9.26. The van der Waals surface area contributed by atoms with Crippen LogP contribution in [0.1, 0.15) is 31.7 Å². The molecule has 5 nitrogen and oxygen atoms in total. The Morgan fingerprint density at radius 1 is 1.31 bits per heavy atom. The highest BCUT2D eigenvalue weighted by Crippen LogP contribution is 2.39. The summed E-state index contributed by atoms with van der Waals surface area (Å²) in [7, 11) is 0. The number of nitrogens with two attached hydrogens (primary N) is 1. The normalized spacial score (nSPS) is 25.2. The van der Waals surface area contributed by atoms with E-state index in [1.807, 2.05) is 10.9 Å². The van der Waals surface area contributed by atoms with Crippen molar-refractivity contribution < 1.29 is 9.47 Å². The van der Waals surface area contributed by atoms with E-state index in [4.69, 9.17) is 15.2 Å². The van der Waals surface area contributed by atoms with E-state index in [-0.39, 0.29) is 5.79 Å². The molecule has 88 valence electrons. The fourth-order valence-corrected chi connectivity index (χ4v) is 2.65. The van der Waals surface area contributed by atoms with Crippen LogP contribution in [-0.4, -0.2) is 28.8 Å². The van der Waals surface area contributed by atoms with Gasteiger partial charge in [0.2, 0.25) is 0 Å². The SMILES string of the molecule is Nc1cnn(C2CCC3(CC2)OCCO3)c1. The lowest BCUT2D eigenvalue weighted by atomic mass is 9.90. The molecule has 1 saturated heterocycles. The van der Waals surface area contributed by atoms with Crippen molar-refractivity contribution in [1.82, 2.24) is 9.78 Å². The van der Waals surface area contributed by atoms with E-state index in [0.29, 0.717) is 6.04 Å². The minimum Gasteiger partial charge on any atom is -0.396 e. The molecule has 0 unspecified atom stereocenters. The van der Waals surface area contributed by atoms with Crippen molar-refractivity contribution >= 4 is 5.69 Å². The van der Waals surface area contributed by atoms with E-state index in [0.717, 1.165) is 44.6 Å². The number of hydrogen-bond donors (Lipinski definition) is 1. The van der Waals surface area contributed by atoms with Gasteiger partial charge in [0.25, 0.3) is 0 Å². The number of aromatic nitrogens is 2. The third kappa shape index (κ3) is 1.70. The van der Waals surface area contributed by atoms with E-state index in [9.17, 15) is 0 Å². The van der Waals surface area contributed by atoms with E-state index in [1.165, 1.54) is 0 Å². The van der Waals surface area contributed by atoms with Crippen LogP contribution >= 0.6 is 0 Å². The maximum atomic E-state index is 5.69. The Morgan fingerprint density at radius 2 is 2.00 bits per heavy atom. The molecule has 1 aromatic rings. The highest BCUT2D eigenvalue weighted by Gasteiger charge is 2.40. The molecule has 0 bridgehead atoms. The Morgan fingerprint density at radius 3 is 2.56 bits per heavy atom. The number of rotatable bonds is 1. The van der Waals surface area contributed by atoms with Crippen LogP contribution in [0.15, 0.2) is 12.4 Å². The minimum absolute atomic E-state index is 0.283. The molecule has 0 atom stereocenters. The first-order valence-corrected chi connectivity index (χ1v) is 5.85. The molecule has 0 amide bonds. The van der Waals surface area contributed by atoms with Gasteiger partial charge in [0.05, 0.1) is 31.1 Å². The molecule has 1 saturated carbocycles. The van der Waals surface area contributed by atoms with Gasteiger partial charge in [0, 0.05) is 19.0 Å². The molecular formula is C11H17N3O2. The first kappa shape index (κ1) is 10.1. The molecule has 2 fully saturated rings. The highest BCUT2D eigenvalue weighted by atomic mass is 16.7. The van der Waals surface area contributed by atoms with E-state index in [1.54, 1.807) is 6.20 Å². The van der Waals surface area contributed by atoms with Crippen molar-refractivity contribution in [2.24, 2.45) is 0 Å². The molecule has 2 N–H and O–H groups in total. The van der Waals surface area contributed by atoms with Crippen LogP contribution in [0.3, 0.4) is 0 Å². The molecule has 5 heteroatoms. The summed E-state index contributed by atoms with van der Waals surface area (Å²) in [6.45, 7) is 1.47. The van der Waals surface area contributed by atoms with E-state index in [2.05, 4.69) is 5.10 Å². The van der Waals surface area contributed by atoms with Crippen molar-refractivity contribution in [1.29, 1.82) is 0 Å². The van der Waals surface area contributed by atoms with Crippen molar-refractivity contribution in [3.8, 4) is 0 Å². The third-order valence-corrected chi connectivity index (χ3v) is 3.53. The lowest BCUT2D eigenvalue weighted by Gasteiger charge is -2.35. The highest BCUT2D eigenvalue weighted by molar-refractivity contribution is 5.30. The van der Waals surface area contributed by atoms with Crippen molar-refractivity contribution in [2.75, 3.05) is 18.9 Å². The summed E-state index contributed by atoms with van der Waals surface area (Å²) in [5.41, 5.74) is 6.40. The molecule has 0 radical (unpaired) electrons. The van der Waals surface area contributed by atoms with Gasteiger partial charge in [0.1, 0.15) is 0 Å². The molecular weight excluding hydrogens is 206 g/mol. The van der Waals surface area contributed by atoms with Crippen LogP contribution in [0.5, 0.6) is 0 Å². The zero-order valence-electron chi connectivity index (χ0n) is 9.26. The summed E-state index contributed by atoms with van der Waals surface area (Å²) >= 11 is 0. The monoisotopic (exact) mass is 223 g/mol. The van der Waals surface area contributed by atoms with Crippen LogP contribution in [-0.2, 0) is 9.47 Å². The number of hydrogen-bond acceptors (Lipinski definition) is 4. The molecule has 0 aromatic carbocycles. The third-order valence-electron chi connectivity index (χ3n) is 3.53. The fourth-order valence-electron chi connectivity index (χ4n) is 2.65. The van der Waals surface area contributed by atoms with Gasteiger partial charge >= 0.3 is 0 Å². The first-order valence-electron chi connectivity index (χ1n) is 5.85. The molecule has 3 rings (SSSR count). The largest absolute Gasteiger partial charge is 0.396 e. The standard InChI is InChI=1S/C11H17N3O2/c12-9-7-13-14(8-9)10-1-3-11(4-2-10)15-5-6-16-11/h7-8,10H,1-6,12H2. The topological polar surface area (TPSA) is 62.3 Å². The predicted octanol–water partition coefficient (Wildman–Crippen LogP) is 1.32. The van der Waals surface area contributed by atoms with Crippen LogP contribution in [0.4, 0.5) is 5.69 Å². The Labute approximate surface area is 94.5 Å². The second-order valence-corrected chi connectivity index (χ2v) is 4.59. The van der Waals surface area contributed by atoms with Gasteiger partial charge in [0.15, 0.2) is 5.79 Å². The van der Waals surface area contributed by atoms with Gasteiger partial charge in [-0.2, -0.15) is 5.10 Å². The summed E-state index contributed by atoms with van der Waals surface area (Å²) in [5, 5.41) is 4.26. The molecule has 1 spiro atoms. The average molecular weight is 223 g/mol. The van der Waals surface area contributed by atoms with Gasteiger partial charge in [-0.1, -0.05) is 0 Å². The van der Waals surface area contributed by atoms with Gasteiger partial charge in [-0.15, -0.1) is 0 Å². The minimum atomic E-state index is -0.283. The second-order valence-electron chi connectivity index (χ2n) is 4.59. The number of ether oxygens (including phenoxy) is 2. The summed E-state index contributed by atoms with van der Waals surface area (Å²) in [5.74, 6) is -0.283. The van der Waals surface area contributed by atoms with Crippen LogP contribution in [0, 0.1) is 0 Å². The molecule has 2 heterocycles. The summed E-state index contributed by atoms with van der Waals surface area (Å²) < 4.78 is 13.4. The number of anilines is 1. The molecule has 2 aliphatic rings. The van der Waals surface area contributed by atoms with Gasteiger partial charge in [-0.05, 0) is 12.8 Å². The van der Waals surface area contributed by atoms with Gasteiger partial charge in [-0.25, -0.2) is 0 Å². The molecule has 1 aromatic heterocycles. The second kappa shape index (κ2) is 3.75. The Hall–Kier alpha value is -1.07. The quantitative estimate of drug-likeness (QED) is 0.780.